The van der Waals surface area contributed by atoms with Crippen LogP contribution in [0.3, 0.4) is 0 Å². The Kier molecular flexibility index (Phi) is 4.84. The number of H-pyrrole nitrogens is 1. The first kappa shape index (κ1) is 18.3. The van der Waals surface area contributed by atoms with Crippen molar-refractivity contribution in [1.82, 2.24) is 9.97 Å². The minimum Gasteiger partial charge on any atom is -0.369 e. The zero-order chi connectivity index (χ0) is 19.0. The van der Waals surface area contributed by atoms with E-state index in [9.17, 15) is 9.59 Å². The molecule has 1 fully saturated rings. The molecule has 4 rings (SSSR count). The molecule has 5 nitrogen and oxygen atoms in total. The second-order valence-corrected chi connectivity index (χ2v) is 8.90. The van der Waals surface area contributed by atoms with Crippen LogP contribution in [0, 0.1) is 5.92 Å². The summed E-state index contributed by atoms with van der Waals surface area (Å²) >= 11 is 1.18. The summed E-state index contributed by atoms with van der Waals surface area (Å²) in [5.74, 6) is 0.168. The molecular formula is C21H25N3O2S. The van der Waals surface area contributed by atoms with Crippen molar-refractivity contribution >= 4 is 17.7 Å². The van der Waals surface area contributed by atoms with Crippen LogP contribution in [-0.4, -0.2) is 21.6 Å². The van der Waals surface area contributed by atoms with Gasteiger partial charge in [0.15, 0.2) is 5.16 Å². The quantitative estimate of drug-likeness (QED) is 0.625. The van der Waals surface area contributed by atoms with Gasteiger partial charge < -0.3 is 10.7 Å². The number of carbonyl (C=O) groups excluding carboxylic acids is 1. The van der Waals surface area contributed by atoms with Gasteiger partial charge >= 0.3 is 0 Å². The lowest BCUT2D eigenvalue weighted by molar-refractivity contribution is -0.115. The SMILES string of the molecule is C[C@]1(C2CCCCC2)Cc2ccccc2-c2nc(SCC(N)=O)[nH]c(=O)c21. The highest BCUT2D eigenvalue weighted by molar-refractivity contribution is 7.99. The molecule has 0 saturated heterocycles. The fraction of sp³-hybridized carbons (Fsp3) is 0.476. The van der Waals surface area contributed by atoms with Gasteiger partial charge in [-0.2, -0.15) is 0 Å². The third kappa shape index (κ3) is 3.31. The molecule has 3 N–H and O–H groups in total. The van der Waals surface area contributed by atoms with Crippen LogP contribution in [0.2, 0.25) is 0 Å². The predicted molar refractivity (Wildman–Crippen MR) is 108 cm³/mol. The molecule has 2 aliphatic rings. The molecule has 6 heteroatoms. The van der Waals surface area contributed by atoms with Gasteiger partial charge in [0, 0.05) is 11.0 Å². The zero-order valence-electron chi connectivity index (χ0n) is 15.6. The summed E-state index contributed by atoms with van der Waals surface area (Å²) in [6, 6.07) is 8.24. The first-order valence-electron chi connectivity index (χ1n) is 9.63. The monoisotopic (exact) mass is 383 g/mol. The number of fused-ring (bicyclic) bond motifs is 3. The van der Waals surface area contributed by atoms with Crippen molar-refractivity contribution in [3.8, 4) is 11.3 Å². The Labute approximate surface area is 163 Å². The average molecular weight is 384 g/mol. The molecule has 0 bridgehead atoms. The fourth-order valence-corrected chi connectivity index (χ4v) is 5.46. The van der Waals surface area contributed by atoms with E-state index in [2.05, 4.69) is 24.0 Å². The number of rotatable bonds is 4. The lowest BCUT2D eigenvalue weighted by atomic mass is 9.60. The molecule has 2 aliphatic carbocycles. The summed E-state index contributed by atoms with van der Waals surface area (Å²) in [7, 11) is 0. The number of aromatic nitrogens is 2. The highest BCUT2D eigenvalue weighted by atomic mass is 32.2. The van der Waals surface area contributed by atoms with Crippen LogP contribution in [0.15, 0.2) is 34.2 Å². The van der Waals surface area contributed by atoms with E-state index < -0.39 is 5.91 Å². The summed E-state index contributed by atoms with van der Waals surface area (Å²) in [6.07, 6.45) is 6.95. The number of primary amides is 1. The second-order valence-electron chi connectivity index (χ2n) is 7.94. The molecule has 1 aromatic carbocycles. The Balaban J connectivity index is 1.87. The highest BCUT2D eigenvalue weighted by Gasteiger charge is 2.44. The number of amides is 1. The van der Waals surface area contributed by atoms with E-state index in [-0.39, 0.29) is 16.7 Å². The smallest absolute Gasteiger partial charge is 0.255 e. The molecule has 2 aromatic rings. The van der Waals surface area contributed by atoms with Crippen LogP contribution < -0.4 is 11.3 Å². The third-order valence-corrected chi connectivity index (χ3v) is 7.05. The Morgan fingerprint density at radius 3 is 2.78 bits per heavy atom. The maximum absolute atomic E-state index is 13.2. The molecule has 27 heavy (non-hydrogen) atoms. The van der Waals surface area contributed by atoms with Gasteiger partial charge in [0.2, 0.25) is 5.91 Å². The van der Waals surface area contributed by atoms with Crippen LogP contribution in [0.5, 0.6) is 0 Å². The number of hydrogen-bond donors (Lipinski definition) is 2. The van der Waals surface area contributed by atoms with Gasteiger partial charge in [-0.3, -0.25) is 9.59 Å². The van der Waals surface area contributed by atoms with E-state index in [0.29, 0.717) is 11.1 Å². The van der Waals surface area contributed by atoms with E-state index in [1.54, 1.807) is 0 Å². The molecule has 1 heterocycles. The van der Waals surface area contributed by atoms with Gasteiger partial charge in [-0.25, -0.2) is 4.98 Å². The molecule has 0 unspecified atom stereocenters. The van der Waals surface area contributed by atoms with Crippen molar-refractivity contribution in [1.29, 1.82) is 0 Å². The van der Waals surface area contributed by atoms with Crippen molar-refractivity contribution in [3.63, 3.8) is 0 Å². The Bertz CT molecular complexity index is 933. The van der Waals surface area contributed by atoms with Crippen LogP contribution in [-0.2, 0) is 16.6 Å². The van der Waals surface area contributed by atoms with Crippen LogP contribution in [0.1, 0.15) is 50.2 Å². The zero-order valence-corrected chi connectivity index (χ0v) is 16.4. The molecular weight excluding hydrogens is 358 g/mol. The summed E-state index contributed by atoms with van der Waals surface area (Å²) in [5, 5.41) is 0.459. The predicted octanol–water partition coefficient (Wildman–Crippen LogP) is 3.41. The fourth-order valence-electron chi connectivity index (χ4n) is 4.86. The Morgan fingerprint density at radius 2 is 2.04 bits per heavy atom. The largest absolute Gasteiger partial charge is 0.369 e. The molecule has 1 amide bonds. The van der Waals surface area contributed by atoms with E-state index in [1.165, 1.54) is 36.6 Å². The summed E-state index contributed by atoms with van der Waals surface area (Å²) in [6.45, 7) is 2.24. The number of benzene rings is 1. The third-order valence-electron chi connectivity index (χ3n) is 6.16. The number of nitrogens with zero attached hydrogens (tertiary/aromatic N) is 1. The van der Waals surface area contributed by atoms with Crippen molar-refractivity contribution < 1.29 is 4.79 Å². The maximum Gasteiger partial charge on any atom is 0.255 e. The normalized spacial score (nSPS) is 22.1. The average Bonchev–Trinajstić information content (AvgIpc) is 2.67. The topological polar surface area (TPSA) is 88.8 Å². The van der Waals surface area contributed by atoms with Crippen molar-refractivity contribution in [2.75, 3.05) is 5.75 Å². The molecule has 0 aliphatic heterocycles. The maximum atomic E-state index is 13.2. The van der Waals surface area contributed by atoms with Crippen LogP contribution >= 0.6 is 11.8 Å². The minimum absolute atomic E-state index is 0.0745. The van der Waals surface area contributed by atoms with E-state index in [0.717, 1.165) is 36.1 Å². The number of thioether (sulfide) groups is 1. The first-order chi connectivity index (χ1) is 13.0. The Hall–Kier alpha value is -2.08. The van der Waals surface area contributed by atoms with E-state index in [1.807, 2.05) is 12.1 Å². The summed E-state index contributed by atoms with van der Waals surface area (Å²) < 4.78 is 0. The Morgan fingerprint density at radius 1 is 1.30 bits per heavy atom. The number of nitrogens with one attached hydrogen (secondary N) is 1. The molecule has 1 aromatic heterocycles. The number of nitrogens with two attached hydrogens (primary N) is 1. The van der Waals surface area contributed by atoms with Gasteiger partial charge in [0.1, 0.15) is 0 Å². The van der Waals surface area contributed by atoms with Gasteiger partial charge in [0.05, 0.1) is 17.0 Å². The molecule has 142 valence electrons. The van der Waals surface area contributed by atoms with Crippen molar-refractivity contribution in [3.05, 3.63) is 45.7 Å². The molecule has 1 saturated carbocycles. The minimum atomic E-state index is -0.423. The van der Waals surface area contributed by atoms with Crippen LogP contribution in [0.4, 0.5) is 0 Å². The second kappa shape index (κ2) is 7.15. The van der Waals surface area contributed by atoms with Gasteiger partial charge in [-0.1, -0.05) is 62.2 Å². The van der Waals surface area contributed by atoms with E-state index >= 15 is 0 Å². The van der Waals surface area contributed by atoms with Crippen LogP contribution in [0.25, 0.3) is 11.3 Å². The lowest BCUT2D eigenvalue weighted by Gasteiger charge is -2.43. The number of aromatic amines is 1. The lowest BCUT2D eigenvalue weighted by Crippen LogP contribution is -2.43. The van der Waals surface area contributed by atoms with E-state index in [4.69, 9.17) is 10.7 Å². The van der Waals surface area contributed by atoms with Gasteiger partial charge in [-0.05, 0) is 30.7 Å². The number of carbonyl (C=O) groups is 1. The summed E-state index contributed by atoms with van der Waals surface area (Å²) in [5.41, 5.74) is 8.85. The number of hydrogen-bond acceptors (Lipinski definition) is 4. The van der Waals surface area contributed by atoms with Crippen molar-refractivity contribution in [2.24, 2.45) is 11.7 Å². The summed E-state index contributed by atoms with van der Waals surface area (Å²) in [4.78, 5) is 32.0. The van der Waals surface area contributed by atoms with Gasteiger partial charge in [-0.15, -0.1) is 0 Å². The highest BCUT2D eigenvalue weighted by Crippen LogP contribution is 2.48. The van der Waals surface area contributed by atoms with Crippen molar-refractivity contribution in [2.45, 2.75) is 56.0 Å². The molecule has 0 spiro atoms. The van der Waals surface area contributed by atoms with Gasteiger partial charge in [0.25, 0.3) is 5.56 Å². The molecule has 1 atom stereocenters. The standard InChI is InChI=1S/C21H25N3O2S/c1-21(14-8-3-2-4-9-14)11-13-7-5-6-10-15(13)18-17(21)19(26)24-20(23-18)27-12-16(22)25/h5-7,10,14H,2-4,8-9,11-12H2,1H3,(H2,22,25)(H,23,24,26)/t21-/m1/s1. The first-order valence-corrected chi connectivity index (χ1v) is 10.6. The molecule has 0 radical (unpaired) electrons.